The molecule has 0 aliphatic rings. The smallest absolute Gasteiger partial charge is 0.416 e. The molecule has 130 valence electrons. The van der Waals surface area contributed by atoms with Crippen LogP contribution in [-0.2, 0) is 12.7 Å². The third-order valence-electron chi connectivity index (χ3n) is 3.32. The van der Waals surface area contributed by atoms with Crippen LogP contribution in [0, 0.1) is 0 Å². The number of aromatic nitrogens is 1. The molecule has 0 spiro atoms. The van der Waals surface area contributed by atoms with Gasteiger partial charge in [0.1, 0.15) is 18.5 Å². The lowest BCUT2D eigenvalue weighted by atomic mass is 10.2. The quantitative estimate of drug-likeness (QED) is 0.842. The first-order valence-electron chi connectivity index (χ1n) is 7.40. The number of aliphatic hydroxyl groups is 1. The molecule has 4 nitrogen and oxygen atoms in total. The lowest BCUT2D eigenvalue weighted by Gasteiger charge is -2.20. The second-order valence-corrected chi connectivity index (χ2v) is 5.54. The molecule has 0 radical (unpaired) electrons. The standard InChI is InChI=1S/C17H19F3N2O2/c1-22(10-13-3-2-8-21-9-13)11-15(23)12-24-16-6-4-14(5-7-16)17(18,19)20/h2-9,15,23H,10-12H2,1H3/t15-/m1/s1. The first-order valence-corrected chi connectivity index (χ1v) is 7.40. The maximum atomic E-state index is 12.5. The van der Waals surface area contributed by atoms with Crippen LogP contribution >= 0.6 is 0 Å². The van der Waals surface area contributed by atoms with Crippen molar-refractivity contribution in [2.45, 2.75) is 18.8 Å². The zero-order chi connectivity index (χ0) is 17.6. The fourth-order valence-electron chi connectivity index (χ4n) is 2.21. The summed E-state index contributed by atoms with van der Waals surface area (Å²) in [5.41, 5.74) is 0.294. The molecule has 0 aliphatic heterocycles. The Hall–Kier alpha value is -2.12. The molecule has 1 heterocycles. The number of hydrogen-bond acceptors (Lipinski definition) is 4. The van der Waals surface area contributed by atoms with E-state index in [0.29, 0.717) is 13.1 Å². The molecular weight excluding hydrogens is 321 g/mol. The van der Waals surface area contributed by atoms with Crippen LogP contribution in [0.2, 0.25) is 0 Å². The van der Waals surface area contributed by atoms with E-state index in [-0.39, 0.29) is 12.4 Å². The van der Waals surface area contributed by atoms with E-state index < -0.39 is 17.8 Å². The third kappa shape index (κ3) is 5.82. The molecule has 1 N–H and O–H groups in total. The van der Waals surface area contributed by atoms with Gasteiger partial charge >= 0.3 is 6.18 Å². The topological polar surface area (TPSA) is 45.6 Å². The summed E-state index contributed by atoms with van der Waals surface area (Å²) >= 11 is 0. The molecule has 24 heavy (non-hydrogen) atoms. The third-order valence-corrected chi connectivity index (χ3v) is 3.32. The Bertz CT molecular complexity index is 618. The fourth-order valence-corrected chi connectivity index (χ4v) is 2.21. The molecule has 0 amide bonds. The maximum Gasteiger partial charge on any atom is 0.416 e. The van der Waals surface area contributed by atoms with Gasteiger partial charge in [0.15, 0.2) is 0 Å². The van der Waals surface area contributed by atoms with Gasteiger partial charge in [-0.15, -0.1) is 0 Å². The number of nitrogens with zero attached hydrogens (tertiary/aromatic N) is 2. The first-order chi connectivity index (χ1) is 11.3. The van der Waals surface area contributed by atoms with Gasteiger partial charge in [0, 0.05) is 25.5 Å². The molecule has 7 heteroatoms. The van der Waals surface area contributed by atoms with Crippen molar-refractivity contribution in [2.24, 2.45) is 0 Å². The summed E-state index contributed by atoms with van der Waals surface area (Å²) in [7, 11) is 1.86. The SMILES string of the molecule is CN(Cc1cccnc1)C[C@@H](O)COc1ccc(C(F)(F)F)cc1. The molecule has 2 rings (SSSR count). The monoisotopic (exact) mass is 340 g/mol. The second kappa shape index (κ2) is 8.12. The van der Waals surface area contributed by atoms with E-state index in [2.05, 4.69) is 4.98 Å². The van der Waals surface area contributed by atoms with Crippen LogP contribution in [-0.4, -0.2) is 41.3 Å². The maximum absolute atomic E-state index is 12.5. The molecule has 0 aliphatic carbocycles. The van der Waals surface area contributed by atoms with Crippen LogP contribution < -0.4 is 4.74 Å². The molecule has 0 fully saturated rings. The predicted octanol–water partition coefficient (Wildman–Crippen LogP) is 2.97. The Balaban J connectivity index is 1.77. The highest BCUT2D eigenvalue weighted by Gasteiger charge is 2.30. The number of hydrogen-bond donors (Lipinski definition) is 1. The van der Waals surface area contributed by atoms with E-state index >= 15 is 0 Å². The second-order valence-electron chi connectivity index (χ2n) is 5.54. The highest BCUT2D eigenvalue weighted by molar-refractivity contribution is 5.28. The molecule has 1 aromatic heterocycles. The van der Waals surface area contributed by atoms with Crippen LogP contribution in [0.4, 0.5) is 13.2 Å². The molecule has 1 atom stereocenters. The summed E-state index contributed by atoms with van der Waals surface area (Å²) in [6.07, 6.45) is -1.68. The Labute approximate surface area is 138 Å². The van der Waals surface area contributed by atoms with Gasteiger partial charge in [-0.1, -0.05) is 6.07 Å². The summed E-state index contributed by atoms with van der Waals surface area (Å²) in [5.74, 6) is 0.289. The largest absolute Gasteiger partial charge is 0.491 e. The average molecular weight is 340 g/mol. The molecule has 2 aromatic rings. The lowest BCUT2D eigenvalue weighted by molar-refractivity contribution is -0.137. The summed E-state index contributed by atoms with van der Waals surface area (Å²) in [5, 5.41) is 9.98. The van der Waals surface area contributed by atoms with Crippen LogP contribution in [0.3, 0.4) is 0 Å². The highest BCUT2D eigenvalue weighted by atomic mass is 19.4. The van der Waals surface area contributed by atoms with Crippen molar-refractivity contribution in [1.29, 1.82) is 0 Å². The first kappa shape index (κ1) is 18.2. The molecule has 0 unspecified atom stereocenters. The number of benzene rings is 1. The molecule has 0 bridgehead atoms. The number of halogens is 3. The van der Waals surface area contributed by atoms with Gasteiger partial charge in [-0.2, -0.15) is 13.2 Å². The minimum atomic E-state index is -4.37. The minimum Gasteiger partial charge on any atom is -0.491 e. The van der Waals surface area contributed by atoms with Gasteiger partial charge in [-0.05, 0) is 42.9 Å². The molecular formula is C17H19F3N2O2. The Kier molecular flexibility index (Phi) is 6.16. The van der Waals surface area contributed by atoms with E-state index in [1.54, 1.807) is 12.4 Å². The zero-order valence-corrected chi connectivity index (χ0v) is 13.2. The summed E-state index contributed by atoms with van der Waals surface area (Å²) in [6, 6.07) is 8.18. The summed E-state index contributed by atoms with van der Waals surface area (Å²) in [4.78, 5) is 5.94. The number of ether oxygens (including phenoxy) is 1. The van der Waals surface area contributed by atoms with E-state index in [1.165, 1.54) is 12.1 Å². The van der Waals surface area contributed by atoms with Gasteiger partial charge < -0.3 is 9.84 Å². The van der Waals surface area contributed by atoms with Crippen molar-refractivity contribution in [3.63, 3.8) is 0 Å². The summed E-state index contributed by atoms with van der Waals surface area (Å²) < 4.78 is 42.7. The van der Waals surface area contributed by atoms with Gasteiger partial charge in [0.25, 0.3) is 0 Å². The Morgan fingerprint density at radius 2 is 1.92 bits per heavy atom. The van der Waals surface area contributed by atoms with Crippen molar-refractivity contribution < 1.29 is 23.0 Å². The zero-order valence-electron chi connectivity index (χ0n) is 13.2. The van der Waals surface area contributed by atoms with Crippen LogP contribution in [0.25, 0.3) is 0 Å². The fraction of sp³-hybridized carbons (Fsp3) is 0.353. The van der Waals surface area contributed by atoms with Crippen molar-refractivity contribution in [3.8, 4) is 5.75 Å². The number of pyridine rings is 1. The van der Waals surface area contributed by atoms with Gasteiger partial charge in [0.2, 0.25) is 0 Å². The van der Waals surface area contributed by atoms with Crippen LogP contribution in [0.5, 0.6) is 5.75 Å². The summed E-state index contributed by atoms with van der Waals surface area (Å²) in [6.45, 7) is 1.00. The van der Waals surface area contributed by atoms with Gasteiger partial charge in [-0.25, -0.2) is 0 Å². The van der Waals surface area contributed by atoms with E-state index in [0.717, 1.165) is 17.7 Å². The van der Waals surface area contributed by atoms with Crippen LogP contribution in [0.1, 0.15) is 11.1 Å². The van der Waals surface area contributed by atoms with Crippen molar-refractivity contribution in [2.75, 3.05) is 20.2 Å². The normalized spacial score (nSPS) is 13.1. The predicted molar refractivity (Wildman–Crippen MR) is 83.5 cm³/mol. The van der Waals surface area contributed by atoms with Crippen molar-refractivity contribution >= 4 is 0 Å². The van der Waals surface area contributed by atoms with E-state index in [4.69, 9.17) is 4.74 Å². The van der Waals surface area contributed by atoms with Crippen LogP contribution in [0.15, 0.2) is 48.8 Å². The van der Waals surface area contributed by atoms with E-state index in [9.17, 15) is 18.3 Å². The molecule has 0 saturated heterocycles. The van der Waals surface area contributed by atoms with E-state index in [1.807, 2.05) is 24.1 Å². The average Bonchev–Trinajstić information content (AvgIpc) is 2.53. The van der Waals surface area contributed by atoms with Gasteiger partial charge in [-0.3, -0.25) is 9.88 Å². The number of likely N-dealkylation sites (N-methyl/N-ethyl adjacent to an activating group) is 1. The number of aliphatic hydroxyl groups excluding tert-OH is 1. The lowest BCUT2D eigenvalue weighted by Crippen LogP contribution is -2.32. The minimum absolute atomic E-state index is 0.00272. The number of alkyl halides is 3. The Morgan fingerprint density at radius 3 is 2.50 bits per heavy atom. The molecule has 1 aromatic carbocycles. The molecule has 0 saturated carbocycles. The van der Waals surface area contributed by atoms with Crippen molar-refractivity contribution in [3.05, 3.63) is 59.9 Å². The highest BCUT2D eigenvalue weighted by Crippen LogP contribution is 2.30. The van der Waals surface area contributed by atoms with Gasteiger partial charge in [0.05, 0.1) is 5.56 Å². The van der Waals surface area contributed by atoms with Crippen molar-refractivity contribution in [1.82, 2.24) is 9.88 Å². The Morgan fingerprint density at radius 1 is 1.21 bits per heavy atom. The number of rotatable bonds is 7.